The van der Waals surface area contributed by atoms with Crippen molar-refractivity contribution in [2.75, 3.05) is 6.54 Å². The Bertz CT molecular complexity index is 858. The van der Waals surface area contributed by atoms with Crippen LogP contribution in [0, 0.1) is 24.7 Å². The number of hydrogen-bond acceptors (Lipinski definition) is 3. The summed E-state index contributed by atoms with van der Waals surface area (Å²) in [4.78, 5) is 29.3. The number of carbonyl (C=O) groups is 1. The molecule has 0 aliphatic heterocycles. The molecule has 2 saturated carbocycles. The zero-order valence-corrected chi connectivity index (χ0v) is 14.7. The molecule has 3 atom stereocenters. The number of amides is 1. The maximum atomic E-state index is 12.6. The van der Waals surface area contributed by atoms with Crippen LogP contribution in [0.3, 0.4) is 0 Å². The Labute approximate surface area is 147 Å². The second-order valence-corrected chi connectivity index (χ2v) is 7.64. The summed E-state index contributed by atoms with van der Waals surface area (Å²) in [6.45, 7) is 2.52. The molecule has 2 aliphatic rings. The van der Waals surface area contributed by atoms with Gasteiger partial charge in [0, 0.05) is 6.54 Å². The minimum absolute atomic E-state index is 0.0409. The molecule has 1 aromatic heterocycles. The van der Waals surface area contributed by atoms with E-state index in [2.05, 4.69) is 10.3 Å². The normalized spacial score (nSPS) is 24.8. The van der Waals surface area contributed by atoms with Crippen molar-refractivity contribution < 1.29 is 4.79 Å². The number of para-hydroxylation sites is 1. The third kappa shape index (κ3) is 3.20. The van der Waals surface area contributed by atoms with E-state index in [1.165, 1.54) is 30.3 Å². The van der Waals surface area contributed by atoms with Crippen LogP contribution in [-0.4, -0.2) is 22.0 Å². The molecule has 2 aromatic rings. The zero-order chi connectivity index (χ0) is 17.4. The third-order valence-corrected chi connectivity index (χ3v) is 6.08. The highest BCUT2D eigenvalue weighted by Crippen LogP contribution is 2.49. The van der Waals surface area contributed by atoms with Gasteiger partial charge in [0.1, 0.15) is 12.4 Å². The van der Waals surface area contributed by atoms with Crippen LogP contribution in [0.15, 0.2) is 29.1 Å². The lowest BCUT2D eigenvalue weighted by atomic mass is 9.86. The average molecular weight is 339 g/mol. The Morgan fingerprint density at radius 2 is 2.12 bits per heavy atom. The SMILES string of the molecule is Cc1nc2ccccc2c(=O)n1CC(=O)NCCC1CC2CCC1C2. The minimum atomic E-state index is -0.147. The Balaban J connectivity index is 1.37. The smallest absolute Gasteiger partial charge is 0.261 e. The van der Waals surface area contributed by atoms with E-state index in [0.29, 0.717) is 23.3 Å². The van der Waals surface area contributed by atoms with E-state index in [0.717, 1.165) is 24.2 Å². The topological polar surface area (TPSA) is 64.0 Å². The Kier molecular flexibility index (Phi) is 4.32. The molecule has 0 spiro atoms. The molecule has 4 rings (SSSR count). The summed E-state index contributed by atoms with van der Waals surface area (Å²) in [6, 6.07) is 7.26. The molecule has 2 bridgehead atoms. The van der Waals surface area contributed by atoms with Crippen LogP contribution in [0.25, 0.3) is 10.9 Å². The first kappa shape index (κ1) is 16.3. The van der Waals surface area contributed by atoms with Gasteiger partial charge in [0.25, 0.3) is 5.56 Å². The summed E-state index contributed by atoms with van der Waals surface area (Å²) in [5.41, 5.74) is 0.532. The van der Waals surface area contributed by atoms with Crippen molar-refractivity contribution in [3.8, 4) is 0 Å². The summed E-state index contributed by atoms with van der Waals surface area (Å²) in [6.07, 6.45) is 6.59. The minimum Gasteiger partial charge on any atom is -0.355 e. The largest absolute Gasteiger partial charge is 0.355 e. The lowest BCUT2D eigenvalue weighted by Gasteiger charge is -2.21. The molecule has 3 unspecified atom stereocenters. The van der Waals surface area contributed by atoms with E-state index >= 15 is 0 Å². The molecule has 132 valence electrons. The van der Waals surface area contributed by atoms with Crippen molar-refractivity contribution in [1.82, 2.24) is 14.9 Å². The number of fused-ring (bicyclic) bond motifs is 3. The van der Waals surface area contributed by atoms with Crippen molar-refractivity contribution in [1.29, 1.82) is 0 Å². The van der Waals surface area contributed by atoms with Gasteiger partial charge in [0.15, 0.2) is 0 Å². The van der Waals surface area contributed by atoms with Gasteiger partial charge < -0.3 is 5.32 Å². The number of carbonyl (C=O) groups excluding carboxylic acids is 1. The standard InChI is InChI=1S/C20H25N3O2/c1-13-22-18-5-3-2-4-17(18)20(25)23(13)12-19(24)21-9-8-16-11-14-6-7-15(16)10-14/h2-5,14-16H,6-12H2,1H3,(H,21,24). The Hall–Kier alpha value is -2.17. The van der Waals surface area contributed by atoms with Crippen LogP contribution in [0.5, 0.6) is 0 Å². The molecule has 1 amide bonds. The maximum absolute atomic E-state index is 12.6. The maximum Gasteiger partial charge on any atom is 0.261 e. The van der Waals surface area contributed by atoms with Crippen LogP contribution in [0.4, 0.5) is 0 Å². The fraction of sp³-hybridized carbons (Fsp3) is 0.550. The van der Waals surface area contributed by atoms with Gasteiger partial charge in [-0.2, -0.15) is 0 Å². The van der Waals surface area contributed by atoms with E-state index < -0.39 is 0 Å². The lowest BCUT2D eigenvalue weighted by molar-refractivity contribution is -0.121. The highest BCUT2D eigenvalue weighted by atomic mass is 16.2. The van der Waals surface area contributed by atoms with Crippen molar-refractivity contribution in [3.63, 3.8) is 0 Å². The number of aromatic nitrogens is 2. The molecule has 2 aliphatic carbocycles. The number of nitrogens with one attached hydrogen (secondary N) is 1. The van der Waals surface area contributed by atoms with E-state index in [9.17, 15) is 9.59 Å². The van der Waals surface area contributed by atoms with E-state index in [1.807, 2.05) is 18.2 Å². The van der Waals surface area contributed by atoms with Crippen LogP contribution in [-0.2, 0) is 11.3 Å². The van der Waals surface area contributed by atoms with Gasteiger partial charge in [-0.05, 0) is 62.5 Å². The van der Waals surface area contributed by atoms with Gasteiger partial charge in [0.05, 0.1) is 10.9 Å². The van der Waals surface area contributed by atoms with Crippen LogP contribution in [0.2, 0.25) is 0 Å². The van der Waals surface area contributed by atoms with Gasteiger partial charge in [-0.1, -0.05) is 18.6 Å². The number of aryl methyl sites for hydroxylation is 1. The molecule has 25 heavy (non-hydrogen) atoms. The van der Waals surface area contributed by atoms with Crippen molar-refractivity contribution in [2.24, 2.45) is 17.8 Å². The van der Waals surface area contributed by atoms with Crippen LogP contribution in [0.1, 0.15) is 37.9 Å². The predicted molar refractivity (Wildman–Crippen MR) is 97.3 cm³/mol. The number of benzene rings is 1. The van der Waals surface area contributed by atoms with Gasteiger partial charge >= 0.3 is 0 Å². The molecular weight excluding hydrogens is 314 g/mol. The fourth-order valence-electron chi connectivity index (χ4n) is 4.79. The van der Waals surface area contributed by atoms with Gasteiger partial charge in [-0.25, -0.2) is 4.98 Å². The van der Waals surface area contributed by atoms with E-state index in [-0.39, 0.29) is 18.0 Å². The Morgan fingerprint density at radius 3 is 2.88 bits per heavy atom. The fourth-order valence-corrected chi connectivity index (χ4v) is 4.79. The molecule has 0 radical (unpaired) electrons. The average Bonchev–Trinajstić information content (AvgIpc) is 3.22. The molecule has 2 fully saturated rings. The molecule has 5 heteroatoms. The second-order valence-electron chi connectivity index (χ2n) is 7.64. The number of rotatable bonds is 5. The number of nitrogens with zero attached hydrogens (tertiary/aromatic N) is 2. The summed E-state index contributed by atoms with van der Waals surface area (Å²) >= 11 is 0. The van der Waals surface area contributed by atoms with Crippen LogP contribution < -0.4 is 10.9 Å². The lowest BCUT2D eigenvalue weighted by Crippen LogP contribution is -2.35. The first-order valence-electron chi connectivity index (χ1n) is 9.34. The first-order valence-corrected chi connectivity index (χ1v) is 9.34. The van der Waals surface area contributed by atoms with Gasteiger partial charge in [0.2, 0.25) is 5.91 Å². The van der Waals surface area contributed by atoms with Crippen molar-refractivity contribution >= 4 is 16.8 Å². The highest BCUT2D eigenvalue weighted by molar-refractivity contribution is 5.79. The molecule has 1 N–H and O–H groups in total. The van der Waals surface area contributed by atoms with Crippen molar-refractivity contribution in [3.05, 3.63) is 40.4 Å². The molecule has 0 saturated heterocycles. The van der Waals surface area contributed by atoms with Crippen LogP contribution >= 0.6 is 0 Å². The first-order chi connectivity index (χ1) is 12.1. The third-order valence-electron chi connectivity index (χ3n) is 6.08. The summed E-state index contributed by atoms with van der Waals surface area (Å²) < 4.78 is 1.47. The monoisotopic (exact) mass is 339 g/mol. The second kappa shape index (κ2) is 6.62. The summed E-state index contributed by atoms with van der Waals surface area (Å²) in [5.74, 6) is 3.08. The summed E-state index contributed by atoms with van der Waals surface area (Å²) in [5, 5.41) is 3.55. The molecule has 5 nitrogen and oxygen atoms in total. The Morgan fingerprint density at radius 1 is 1.28 bits per heavy atom. The molecular formula is C20H25N3O2. The quantitative estimate of drug-likeness (QED) is 0.911. The van der Waals surface area contributed by atoms with E-state index in [4.69, 9.17) is 0 Å². The predicted octanol–water partition coefficient (Wildman–Crippen LogP) is 2.65. The van der Waals surface area contributed by atoms with Gasteiger partial charge in [-0.15, -0.1) is 0 Å². The van der Waals surface area contributed by atoms with Crippen molar-refractivity contribution in [2.45, 2.75) is 45.6 Å². The van der Waals surface area contributed by atoms with E-state index in [1.54, 1.807) is 13.0 Å². The van der Waals surface area contributed by atoms with Gasteiger partial charge in [-0.3, -0.25) is 14.2 Å². The number of hydrogen-bond donors (Lipinski definition) is 1. The molecule has 1 heterocycles. The highest BCUT2D eigenvalue weighted by Gasteiger charge is 2.38. The zero-order valence-electron chi connectivity index (χ0n) is 14.7. The molecule has 1 aromatic carbocycles. The summed E-state index contributed by atoms with van der Waals surface area (Å²) in [7, 11) is 0.